The number of para-hydroxylation sites is 1. The Kier molecular flexibility index (Phi) is 3.46. The molecule has 3 rings (SSSR count). The molecular weight excluding hydrogens is 298 g/mol. The second-order valence-corrected chi connectivity index (χ2v) is 6.02. The highest BCUT2D eigenvalue weighted by Crippen LogP contribution is 2.40. The number of nitrogen functional groups attached to an aromatic ring is 1. The van der Waals surface area contributed by atoms with Crippen LogP contribution in [0.5, 0.6) is 11.5 Å². The third-order valence-electron chi connectivity index (χ3n) is 3.44. The van der Waals surface area contributed by atoms with Gasteiger partial charge in [-0.05, 0) is 31.0 Å². The number of thiophene rings is 1. The summed E-state index contributed by atoms with van der Waals surface area (Å²) in [4.78, 5) is 16.6. The van der Waals surface area contributed by atoms with E-state index in [-0.39, 0.29) is 0 Å². The SMILES string of the molecule is Cc1cccc(C)c1Oc1ccnc2sc(C(N)=O)c(N)c12. The summed E-state index contributed by atoms with van der Waals surface area (Å²) in [6.07, 6.45) is 1.63. The molecule has 112 valence electrons. The Morgan fingerprint density at radius 3 is 2.55 bits per heavy atom. The van der Waals surface area contributed by atoms with Gasteiger partial charge in [-0.1, -0.05) is 18.2 Å². The highest BCUT2D eigenvalue weighted by atomic mass is 32.1. The Hall–Kier alpha value is -2.60. The fourth-order valence-electron chi connectivity index (χ4n) is 2.35. The van der Waals surface area contributed by atoms with E-state index in [9.17, 15) is 4.79 Å². The van der Waals surface area contributed by atoms with Gasteiger partial charge in [0, 0.05) is 6.20 Å². The van der Waals surface area contributed by atoms with E-state index in [0.29, 0.717) is 26.5 Å². The summed E-state index contributed by atoms with van der Waals surface area (Å²) in [5.74, 6) is 0.795. The summed E-state index contributed by atoms with van der Waals surface area (Å²) in [6.45, 7) is 3.96. The van der Waals surface area contributed by atoms with E-state index in [1.807, 2.05) is 32.0 Å². The Labute approximate surface area is 131 Å². The van der Waals surface area contributed by atoms with Crippen LogP contribution in [-0.2, 0) is 0 Å². The molecule has 0 aliphatic rings. The van der Waals surface area contributed by atoms with Gasteiger partial charge in [-0.15, -0.1) is 11.3 Å². The largest absolute Gasteiger partial charge is 0.456 e. The van der Waals surface area contributed by atoms with E-state index in [4.69, 9.17) is 16.2 Å². The normalized spacial score (nSPS) is 10.8. The number of nitrogens with two attached hydrogens (primary N) is 2. The predicted octanol–water partition coefficient (Wildman–Crippen LogP) is 3.39. The molecule has 3 aromatic rings. The van der Waals surface area contributed by atoms with Crippen molar-refractivity contribution >= 4 is 33.1 Å². The molecule has 2 heterocycles. The lowest BCUT2D eigenvalue weighted by Gasteiger charge is -2.12. The number of rotatable bonds is 3. The number of carbonyl (C=O) groups is 1. The Morgan fingerprint density at radius 2 is 1.91 bits per heavy atom. The molecule has 0 saturated heterocycles. The van der Waals surface area contributed by atoms with Gasteiger partial charge in [-0.2, -0.15) is 0 Å². The topological polar surface area (TPSA) is 91.2 Å². The number of benzene rings is 1. The molecule has 0 spiro atoms. The molecule has 0 fully saturated rings. The average molecular weight is 313 g/mol. The second kappa shape index (κ2) is 5.31. The molecule has 1 aromatic carbocycles. The van der Waals surface area contributed by atoms with Crippen molar-refractivity contribution < 1.29 is 9.53 Å². The van der Waals surface area contributed by atoms with E-state index >= 15 is 0 Å². The average Bonchev–Trinajstić information content (AvgIpc) is 2.81. The van der Waals surface area contributed by atoms with Gasteiger partial charge in [0.2, 0.25) is 0 Å². The zero-order valence-electron chi connectivity index (χ0n) is 12.2. The zero-order valence-corrected chi connectivity index (χ0v) is 13.0. The van der Waals surface area contributed by atoms with Crippen LogP contribution in [0.3, 0.4) is 0 Å². The third-order valence-corrected chi connectivity index (χ3v) is 4.56. The molecule has 6 heteroatoms. The number of carbonyl (C=O) groups excluding carboxylic acids is 1. The van der Waals surface area contributed by atoms with E-state index < -0.39 is 5.91 Å². The molecule has 1 amide bonds. The maximum atomic E-state index is 11.5. The summed E-state index contributed by atoms with van der Waals surface area (Å²) >= 11 is 1.17. The first kappa shape index (κ1) is 14.3. The smallest absolute Gasteiger partial charge is 0.260 e. The van der Waals surface area contributed by atoms with E-state index in [1.54, 1.807) is 12.3 Å². The molecule has 0 atom stereocenters. The number of primary amides is 1. The predicted molar refractivity (Wildman–Crippen MR) is 88.5 cm³/mol. The molecule has 0 aliphatic heterocycles. The van der Waals surface area contributed by atoms with Gasteiger partial charge >= 0.3 is 0 Å². The molecule has 0 radical (unpaired) electrons. The fourth-order valence-corrected chi connectivity index (χ4v) is 3.29. The number of hydrogen-bond donors (Lipinski definition) is 2. The van der Waals surface area contributed by atoms with Crippen molar-refractivity contribution in [1.29, 1.82) is 0 Å². The highest BCUT2D eigenvalue weighted by molar-refractivity contribution is 7.21. The molecule has 2 aromatic heterocycles. The molecule has 0 unspecified atom stereocenters. The van der Waals surface area contributed by atoms with Crippen molar-refractivity contribution in [3.63, 3.8) is 0 Å². The summed E-state index contributed by atoms with van der Waals surface area (Å²) in [5, 5.41) is 0.629. The first-order chi connectivity index (χ1) is 10.5. The Balaban J connectivity index is 2.18. The maximum absolute atomic E-state index is 11.5. The highest BCUT2D eigenvalue weighted by Gasteiger charge is 2.19. The van der Waals surface area contributed by atoms with Gasteiger partial charge in [-0.25, -0.2) is 4.98 Å². The summed E-state index contributed by atoms with van der Waals surface area (Å²) in [5.41, 5.74) is 13.8. The van der Waals surface area contributed by atoms with Crippen molar-refractivity contribution in [3.8, 4) is 11.5 Å². The van der Waals surface area contributed by atoms with Crippen LogP contribution in [0.4, 0.5) is 5.69 Å². The number of aryl methyl sites for hydroxylation is 2. The minimum absolute atomic E-state index is 0.306. The van der Waals surface area contributed by atoms with Gasteiger partial charge < -0.3 is 16.2 Å². The van der Waals surface area contributed by atoms with Crippen molar-refractivity contribution in [2.24, 2.45) is 5.73 Å². The lowest BCUT2D eigenvalue weighted by molar-refractivity contribution is 0.100. The van der Waals surface area contributed by atoms with Crippen LogP contribution < -0.4 is 16.2 Å². The fraction of sp³-hybridized carbons (Fsp3) is 0.125. The first-order valence-electron chi connectivity index (χ1n) is 6.70. The van der Waals surface area contributed by atoms with Crippen molar-refractivity contribution in [3.05, 3.63) is 46.5 Å². The molecule has 0 saturated carbocycles. The van der Waals surface area contributed by atoms with Crippen LogP contribution in [-0.4, -0.2) is 10.9 Å². The molecule has 5 nitrogen and oxygen atoms in total. The molecule has 0 bridgehead atoms. The van der Waals surface area contributed by atoms with Crippen LogP contribution >= 0.6 is 11.3 Å². The van der Waals surface area contributed by atoms with Crippen LogP contribution in [0, 0.1) is 13.8 Å². The van der Waals surface area contributed by atoms with Gasteiger partial charge in [0.1, 0.15) is 21.2 Å². The van der Waals surface area contributed by atoms with E-state index in [2.05, 4.69) is 4.98 Å². The van der Waals surface area contributed by atoms with Crippen LogP contribution in [0.15, 0.2) is 30.5 Å². The minimum atomic E-state index is -0.557. The van der Waals surface area contributed by atoms with Gasteiger partial charge in [0.15, 0.2) is 0 Å². The number of ether oxygens (including phenoxy) is 1. The summed E-state index contributed by atoms with van der Waals surface area (Å²) in [7, 11) is 0. The standard InChI is InChI=1S/C16H15N3O2S/c1-8-4-3-5-9(2)13(8)21-10-6-7-19-16-11(10)12(17)14(22-16)15(18)20/h3-7H,17H2,1-2H3,(H2,18,20). The zero-order chi connectivity index (χ0) is 15.9. The number of pyridine rings is 1. The lowest BCUT2D eigenvalue weighted by Crippen LogP contribution is -2.10. The number of nitrogens with zero attached hydrogens (tertiary/aromatic N) is 1. The summed E-state index contributed by atoms with van der Waals surface area (Å²) < 4.78 is 6.06. The molecule has 22 heavy (non-hydrogen) atoms. The molecular formula is C16H15N3O2S. The number of hydrogen-bond acceptors (Lipinski definition) is 5. The van der Waals surface area contributed by atoms with Gasteiger partial charge in [0.25, 0.3) is 5.91 Å². The summed E-state index contributed by atoms with van der Waals surface area (Å²) in [6, 6.07) is 7.67. The first-order valence-corrected chi connectivity index (χ1v) is 7.51. The quantitative estimate of drug-likeness (QED) is 0.775. The third kappa shape index (κ3) is 2.27. The second-order valence-electron chi connectivity index (χ2n) is 5.02. The Bertz CT molecular complexity index is 866. The lowest BCUT2D eigenvalue weighted by atomic mass is 10.1. The molecule has 4 N–H and O–H groups in total. The van der Waals surface area contributed by atoms with Crippen LogP contribution in [0.25, 0.3) is 10.2 Å². The number of amides is 1. The van der Waals surface area contributed by atoms with E-state index in [1.165, 1.54) is 11.3 Å². The number of fused-ring (bicyclic) bond motifs is 1. The van der Waals surface area contributed by atoms with Gasteiger partial charge in [-0.3, -0.25) is 4.79 Å². The van der Waals surface area contributed by atoms with Crippen molar-refractivity contribution in [2.45, 2.75) is 13.8 Å². The minimum Gasteiger partial charge on any atom is -0.456 e. The van der Waals surface area contributed by atoms with Crippen molar-refractivity contribution in [1.82, 2.24) is 4.98 Å². The van der Waals surface area contributed by atoms with E-state index in [0.717, 1.165) is 16.9 Å². The number of anilines is 1. The maximum Gasteiger partial charge on any atom is 0.260 e. The van der Waals surface area contributed by atoms with Crippen molar-refractivity contribution in [2.75, 3.05) is 5.73 Å². The Morgan fingerprint density at radius 1 is 1.23 bits per heavy atom. The monoisotopic (exact) mass is 313 g/mol. The molecule has 0 aliphatic carbocycles. The van der Waals surface area contributed by atoms with Crippen LogP contribution in [0.2, 0.25) is 0 Å². The van der Waals surface area contributed by atoms with Gasteiger partial charge in [0.05, 0.1) is 11.1 Å². The number of aromatic nitrogens is 1. The van der Waals surface area contributed by atoms with Crippen LogP contribution in [0.1, 0.15) is 20.8 Å².